The van der Waals surface area contributed by atoms with Gasteiger partial charge in [0.2, 0.25) is 0 Å². The summed E-state index contributed by atoms with van der Waals surface area (Å²) in [6.07, 6.45) is 3.63. The third-order valence-electron chi connectivity index (χ3n) is 3.51. The zero-order valence-electron chi connectivity index (χ0n) is 12.6. The Balaban J connectivity index is 1.81. The number of fused-ring (bicyclic) bond motifs is 1. The Morgan fingerprint density at radius 2 is 1.84 bits per heavy atom. The van der Waals surface area contributed by atoms with Gasteiger partial charge in [-0.25, -0.2) is 4.98 Å². The fourth-order valence-electron chi connectivity index (χ4n) is 2.36. The lowest BCUT2D eigenvalue weighted by Crippen LogP contribution is -2.19. The summed E-state index contributed by atoms with van der Waals surface area (Å²) in [6, 6.07) is 13.3. The predicted octanol–water partition coefficient (Wildman–Crippen LogP) is 4.01. The summed E-state index contributed by atoms with van der Waals surface area (Å²) in [4.78, 5) is 19.6. The smallest absolute Gasteiger partial charge is 0.266 e. The lowest BCUT2D eigenvalue weighted by Gasteiger charge is -1.98. The van der Waals surface area contributed by atoms with E-state index in [-0.39, 0.29) is 5.56 Å². The maximum Gasteiger partial charge on any atom is 0.266 e. The van der Waals surface area contributed by atoms with Crippen molar-refractivity contribution in [1.82, 2.24) is 9.97 Å². The predicted molar refractivity (Wildman–Crippen MR) is 107 cm³/mol. The molecule has 4 aromatic rings. The van der Waals surface area contributed by atoms with Gasteiger partial charge < -0.3 is 4.98 Å². The van der Waals surface area contributed by atoms with E-state index in [0.717, 1.165) is 19.9 Å². The Bertz CT molecular complexity index is 1220. The van der Waals surface area contributed by atoms with Gasteiger partial charge in [0.05, 0.1) is 29.5 Å². The molecule has 0 saturated heterocycles. The van der Waals surface area contributed by atoms with Gasteiger partial charge in [-0.15, -0.1) is 22.7 Å². The van der Waals surface area contributed by atoms with E-state index >= 15 is 0 Å². The standard InChI is InChI=1S/C18H10Cl2N2OS2/c19-11-5-3-4-10(17(11)20)8-14-18(23)22-16(25-14)9-15-21-12-6-1-2-7-13(12)24-15/h1-9H,(H,22,23)/b14-8-,16-9+. The van der Waals surface area contributed by atoms with Crippen molar-refractivity contribution in [3.05, 3.63) is 82.6 Å². The van der Waals surface area contributed by atoms with Crippen molar-refractivity contribution in [2.24, 2.45) is 0 Å². The van der Waals surface area contributed by atoms with Crippen LogP contribution in [0.2, 0.25) is 10.0 Å². The molecule has 0 spiro atoms. The number of hydrogen-bond acceptors (Lipinski definition) is 4. The molecule has 2 aromatic carbocycles. The van der Waals surface area contributed by atoms with Crippen LogP contribution in [0.5, 0.6) is 0 Å². The van der Waals surface area contributed by atoms with Gasteiger partial charge in [-0.1, -0.05) is 47.5 Å². The molecule has 0 unspecified atom stereocenters. The first-order valence-electron chi connectivity index (χ1n) is 7.32. The largest absolute Gasteiger partial charge is 0.313 e. The number of nitrogens with zero attached hydrogens (tertiary/aromatic N) is 1. The Morgan fingerprint density at radius 1 is 1.00 bits per heavy atom. The van der Waals surface area contributed by atoms with Gasteiger partial charge in [0.25, 0.3) is 5.56 Å². The molecular formula is C18H10Cl2N2OS2. The molecule has 3 nitrogen and oxygen atoms in total. The second-order valence-corrected chi connectivity index (χ2v) is 8.17. The fourth-order valence-corrected chi connectivity index (χ4v) is 4.59. The van der Waals surface area contributed by atoms with Crippen molar-refractivity contribution in [3.8, 4) is 0 Å². The van der Waals surface area contributed by atoms with Crippen molar-refractivity contribution in [2.45, 2.75) is 0 Å². The van der Waals surface area contributed by atoms with Crippen LogP contribution in [0, 0.1) is 0 Å². The van der Waals surface area contributed by atoms with E-state index in [4.69, 9.17) is 23.2 Å². The highest BCUT2D eigenvalue weighted by molar-refractivity contribution is 7.19. The van der Waals surface area contributed by atoms with Crippen LogP contribution >= 0.6 is 45.9 Å². The molecule has 0 radical (unpaired) electrons. The van der Waals surface area contributed by atoms with E-state index in [1.807, 2.05) is 36.4 Å². The number of nitrogens with one attached hydrogen (secondary N) is 1. The number of H-pyrrole nitrogens is 1. The van der Waals surface area contributed by atoms with Gasteiger partial charge in [0.1, 0.15) is 5.01 Å². The Hall–Kier alpha value is -1.92. The molecule has 0 aliphatic carbocycles. The van der Waals surface area contributed by atoms with Crippen LogP contribution in [0.1, 0.15) is 10.6 Å². The Morgan fingerprint density at radius 3 is 2.68 bits per heavy atom. The van der Waals surface area contributed by atoms with Gasteiger partial charge in [0.15, 0.2) is 0 Å². The van der Waals surface area contributed by atoms with Crippen LogP contribution in [0.15, 0.2) is 47.3 Å². The molecule has 0 saturated carbocycles. The number of thiazole rings is 2. The SMILES string of the molecule is O=c1[nH]/c(=C\c2nc3ccccc3s2)s/c1=C\c1cccc(Cl)c1Cl. The molecule has 0 aliphatic rings. The normalized spacial score (nSPS) is 13.0. The van der Waals surface area contributed by atoms with Crippen LogP contribution in [-0.2, 0) is 0 Å². The molecule has 4 rings (SSSR count). The van der Waals surface area contributed by atoms with Gasteiger partial charge in [0, 0.05) is 6.08 Å². The minimum Gasteiger partial charge on any atom is -0.313 e. The molecule has 0 atom stereocenters. The van der Waals surface area contributed by atoms with E-state index in [1.54, 1.807) is 29.5 Å². The third-order valence-corrected chi connectivity index (χ3v) is 6.29. The highest BCUT2D eigenvalue weighted by atomic mass is 35.5. The molecule has 7 heteroatoms. The Kier molecular flexibility index (Phi) is 4.48. The lowest BCUT2D eigenvalue weighted by molar-refractivity contribution is 1.25. The van der Waals surface area contributed by atoms with Crippen molar-refractivity contribution < 1.29 is 0 Å². The summed E-state index contributed by atoms with van der Waals surface area (Å²) in [5, 5.41) is 1.75. The number of halogens is 2. The summed E-state index contributed by atoms with van der Waals surface area (Å²) in [5.41, 5.74) is 1.51. The number of aromatic amines is 1. The highest BCUT2D eigenvalue weighted by Gasteiger charge is 2.04. The first-order chi connectivity index (χ1) is 12.1. The zero-order chi connectivity index (χ0) is 17.4. The number of para-hydroxylation sites is 1. The average Bonchev–Trinajstić information content (AvgIpc) is 3.15. The Labute approximate surface area is 160 Å². The van der Waals surface area contributed by atoms with Crippen LogP contribution in [0.25, 0.3) is 22.4 Å². The van der Waals surface area contributed by atoms with Crippen LogP contribution < -0.4 is 14.8 Å². The van der Waals surface area contributed by atoms with Crippen LogP contribution in [0.4, 0.5) is 0 Å². The average molecular weight is 405 g/mol. The third kappa shape index (κ3) is 3.41. The van der Waals surface area contributed by atoms with E-state index in [9.17, 15) is 4.79 Å². The molecular weight excluding hydrogens is 395 g/mol. The first kappa shape index (κ1) is 16.5. The molecule has 0 bridgehead atoms. The molecule has 2 aromatic heterocycles. The maximum atomic E-state index is 12.2. The molecule has 25 heavy (non-hydrogen) atoms. The van der Waals surface area contributed by atoms with E-state index in [2.05, 4.69) is 9.97 Å². The van der Waals surface area contributed by atoms with Gasteiger partial charge >= 0.3 is 0 Å². The summed E-state index contributed by atoms with van der Waals surface area (Å²) in [6.45, 7) is 0. The highest BCUT2D eigenvalue weighted by Crippen LogP contribution is 2.25. The maximum absolute atomic E-state index is 12.2. The number of rotatable bonds is 2. The molecule has 1 N–H and O–H groups in total. The summed E-state index contributed by atoms with van der Waals surface area (Å²) < 4.78 is 2.43. The topological polar surface area (TPSA) is 45.8 Å². The van der Waals surface area contributed by atoms with Crippen molar-refractivity contribution in [3.63, 3.8) is 0 Å². The number of hydrogen-bond donors (Lipinski definition) is 1. The second-order valence-electron chi connectivity index (χ2n) is 5.24. The van der Waals surface area contributed by atoms with Gasteiger partial charge in [-0.2, -0.15) is 0 Å². The molecule has 124 valence electrons. The second kappa shape index (κ2) is 6.77. The monoisotopic (exact) mass is 404 g/mol. The fraction of sp³-hybridized carbons (Fsp3) is 0. The van der Waals surface area contributed by atoms with E-state index in [1.165, 1.54) is 11.3 Å². The molecule has 0 aliphatic heterocycles. The van der Waals surface area contributed by atoms with Crippen molar-refractivity contribution in [1.29, 1.82) is 0 Å². The van der Waals surface area contributed by atoms with Crippen molar-refractivity contribution in [2.75, 3.05) is 0 Å². The number of benzene rings is 2. The number of aromatic nitrogens is 2. The molecule has 2 heterocycles. The van der Waals surface area contributed by atoms with Gasteiger partial charge in [-0.3, -0.25) is 4.79 Å². The summed E-state index contributed by atoms with van der Waals surface area (Å²) in [7, 11) is 0. The summed E-state index contributed by atoms with van der Waals surface area (Å²) in [5.74, 6) is 0. The van der Waals surface area contributed by atoms with E-state index in [0.29, 0.717) is 20.1 Å². The minimum atomic E-state index is -0.159. The first-order valence-corrected chi connectivity index (χ1v) is 9.71. The minimum absolute atomic E-state index is 0.159. The van der Waals surface area contributed by atoms with Gasteiger partial charge in [-0.05, 0) is 29.8 Å². The lowest BCUT2D eigenvalue weighted by atomic mass is 10.2. The molecule has 0 fully saturated rings. The van der Waals surface area contributed by atoms with Crippen LogP contribution in [-0.4, -0.2) is 9.97 Å². The molecule has 0 amide bonds. The summed E-state index contributed by atoms with van der Waals surface area (Å²) >= 11 is 15.2. The van der Waals surface area contributed by atoms with Crippen LogP contribution in [0.3, 0.4) is 0 Å². The quantitative estimate of drug-likeness (QED) is 0.548. The van der Waals surface area contributed by atoms with E-state index < -0.39 is 0 Å². The van der Waals surface area contributed by atoms with Crippen molar-refractivity contribution >= 4 is 68.2 Å². The zero-order valence-corrected chi connectivity index (χ0v) is 15.8.